The molecule has 5 nitrogen and oxygen atoms in total. The molecule has 0 unspecified atom stereocenters. The van der Waals surface area contributed by atoms with E-state index in [1.54, 1.807) is 19.1 Å². The van der Waals surface area contributed by atoms with Crippen LogP contribution in [0.1, 0.15) is 34.1 Å². The summed E-state index contributed by atoms with van der Waals surface area (Å²) in [6.45, 7) is 2.09. The van der Waals surface area contributed by atoms with E-state index in [1.807, 2.05) is 43.1 Å². The number of hydrogen-bond acceptors (Lipinski definition) is 5. The number of alkyl halides is 2. The number of carbonyl (C=O) groups is 1. The van der Waals surface area contributed by atoms with Gasteiger partial charge in [-0.3, -0.25) is 9.88 Å². The van der Waals surface area contributed by atoms with Crippen molar-refractivity contribution < 1.29 is 23.0 Å². The van der Waals surface area contributed by atoms with E-state index in [0.29, 0.717) is 24.3 Å². The van der Waals surface area contributed by atoms with Gasteiger partial charge in [-0.05, 0) is 50.2 Å². The molecule has 0 aliphatic carbocycles. The third kappa shape index (κ3) is 5.10. The molecule has 0 saturated carbocycles. The summed E-state index contributed by atoms with van der Waals surface area (Å²) >= 11 is 0. The molecule has 3 rings (SSSR count). The highest BCUT2D eigenvalue weighted by Crippen LogP contribution is 2.25. The third-order valence-corrected chi connectivity index (χ3v) is 4.73. The van der Waals surface area contributed by atoms with E-state index >= 15 is 0 Å². The fourth-order valence-electron chi connectivity index (χ4n) is 3.43. The van der Waals surface area contributed by atoms with Gasteiger partial charge < -0.3 is 9.47 Å². The van der Waals surface area contributed by atoms with Gasteiger partial charge >= 0.3 is 12.6 Å². The number of para-hydroxylation sites is 1. The minimum atomic E-state index is -2.85. The van der Waals surface area contributed by atoms with Gasteiger partial charge in [-0.2, -0.15) is 8.78 Å². The molecule has 0 radical (unpaired) electrons. The Bertz CT molecular complexity index is 1020. The van der Waals surface area contributed by atoms with Gasteiger partial charge in [0, 0.05) is 18.5 Å². The zero-order valence-corrected chi connectivity index (χ0v) is 17.2. The maximum Gasteiger partial charge on any atom is 0.387 e. The molecule has 1 heterocycles. The van der Waals surface area contributed by atoms with Gasteiger partial charge in [0.2, 0.25) is 0 Å². The van der Waals surface area contributed by atoms with Crippen LogP contribution in [-0.4, -0.2) is 36.1 Å². The van der Waals surface area contributed by atoms with Crippen molar-refractivity contribution in [1.29, 1.82) is 0 Å². The number of ether oxygens (including phenoxy) is 2. The molecular formula is C23H24F2N2O3. The Balaban J connectivity index is 1.84. The highest BCUT2D eigenvalue weighted by Gasteiger charge is 2.20. The van der Waals surface area contributed by atoms with Crippen LogP contribution in [0.5, 0.6) is 5.75 Å². The Morgan fingerprint density at radius 3 is 2.47 bits per heavy atom. The fourth-order valence-corrected chi connectivity index (χ4v) is 3.43. The SMILES string of the molecule is CCOC(=O)c1c(CN(C)Cc2ccc(OC(F)F)cc2)nc2ccccc2c1C. The van der Waals surface area contributed by atoms with Crippen LogP contribution in [0.15, 0.2) is 48.5 Å². The zero-order chi connectivity index (χ0) is 21.7. The number of esters is 1. The van der Waals surface area contributed by atoms with E-state index in [1.165, 1.54) is 12.1 Å². The van der Waals surface area contributed by atoms with Crippen LogP contribution >= 0.6 is 0 Å². The van der Waals surface area contributed by atoms with Crippen molar-refractivity contribution >= 4 is 16.9 Å². The maximum absolute atomic E-state index is 12.6. The lowest BCUT2D eigenvalue weighted by Crippen LogP contribution is -2.21. The van der Waals surface area contributed by atoms with Crippen LogP contribution in [0.2, 0.25) is 0 Å². The predicted molar refractivity (Wildman–Crippen MR) is 111 cm³/mol. The highest BCUT2D eigenvalue weighted by atomic mass is 19.3. The summed E-state index contributed by atoms with van der Waals surface area (Å²) in [5.41, 5.74) is 3.72. The molecular weight excluding hydrogens is 390 g/mol. The molecule has 7 heteroatoms. The number of halogens is 2. The molecule has 0 fully saturated rings. The van der Waals surface area contributed by atoms with E-state index in [4.69, 9.17) is 9.72 Å². The molecule has 3 aromatic rings. The summed E-state index contributed by atoms with van der Waals surface area (Å²) in [6.07, 6.45) is 0. The first-order valence-corrected chi connectivity index (χ1v) is 9.66. The molecule has 2 aromatic carbocycles. The van der Waals surface area contributed by atoms with E-state index in [2.05, 4.69) is 4.74 Å². The Morgan fingerprint density at radius 2 is 1.80 bits per heavy atom. The first kappa shape index (κ1) is 21.6. The molecule has 0 N–H and O–H groups in total. The molecule has 1 aromatic heterocycles. The largest absolute Gasteiger partial charge is 0.462 e. The van der Waals surface area contributed by atoms with Crippen LogP contribution in [0.3, 0.4) is 0 Å². The number of fused-ring (bicyclic) bond motifs is 1. The topological polar surface area (TPSA) is 51.7 Å². The average molecular weight is 414 g/mol. The van der Waals surface area contributed by atoms with Gasteiger partial charge in [-0.1, -0.05) is 30.3 Å². The highest BCUT2D eigenvalue weighted by molar-refractivity contribution is 5.98. The minimum absolute atomic E-state index is 0.118. The Hall–Kier alpha value is -3.06. The second-order valence-electron chi connectivity index (χ2n) is 6.99. The zero-order valence-electron chi connectivity index (χ0n) is 17.2. The lowest BCUT2D eigenvalue weighted by molar-refractivity contribution is -0.0498. The van der Waals surface area contributed by atoms with Crippen molar-refractivity contribution in [1.82, 2.24) is 9.88 Å². The molecule has 30 heavy (non-hydrogen) atoms. The Morgan fingerprint density at radius 1 is 1.10 bits per heavy atom. The van der Waals surface area contributed by atoms with E-state index in [0.717, 1.165) is 22.0 Å². The molecule has 0 atom stereocenters. The first-order valence-electron chi connectivity index (χ1n) is 9.66. The van der Waals surface area contributed by atoms with Gasteiger partial charge in [0.25, 0.3) is 0 Å². The molecule has 0 bridgehead atoms. The van der Waals surface area contributed by atoms with Crippen molar-refractivity contribution in [3.63, 3.8) is 0 Å². The quantitative estimate of drug-likeness (QED) is 0.488. The van der Waals surface area contributed by atoms with Crippen LogP contribution < -0.4 is 4.74 Å². The van der Waals surface area contributed by atoms with Crippen LogP contribution in [0.25, 0.3) is 10.9 Å². The van der Waals surface area contributed by atoms with Crippen LogP contribution in [0.4, 0.5) is 8.78 Å². The predicted octanol–water partition coefficient (Wildman–Crippen LogP) is 4.95. The molecule has 0 spiro atoms. The second-order valence-corrected chi connectivity index (χ2v) is 6.99. The summed E-state index contributed by atoms with van der Waals surface area (Å²) in [5.74, 6) is -0.266. The number of aromatic nitrogens is 1. The fraction of sp³-hybridized carbons (Fsp3) is 0.304. The van der Waals surface area contributed by atoms with Crippen LogP contribution in [-0.2, 0) is 17.8 Å². The molecule has 158 valence electrons. The van der Waals surface area contributed by atoms with Crippen molar-refractivity contribution in [2.24, 2.45) is 0 Å². The van der Waals surface area contributed by atoms with Crippen molar-refractivity contribution in [3.8, 4) is 5.75 Å². The van der Waals surface area contributed by atoms with E-state index in [-0.39, 0.29) is 18.3 Å². The minimum Gasteiger partial charge on any atom is -0.462 e. The number of benzene rings is 2. The van der Waals surface area contributed by atoms with E-state index < -0.39 is 6.61 Å². The van der Waals surface area contributed by atoms with Crippen molar-refractivity contribution in [2.75, 3.05) is 13.7 Å². The lowest BCUT2D eigenvalue weighted by Gasteiger charge is -2.20. The first-order chi connectivity index (χ1) is 14.4. The Kier molecular flexibility index (Phi) is 6.95. The number of hydrogen-bond donors (Lipinski definition) is 0. The summed E-state index contributed by atoms with van der Waals surface area (Å²) in [4.78, 5) is 19.4. The monoisotopic (exact) mass is 414 g/mol. The van der Waals surface area contributed by atoms with Gasteiger partial charge in [0.1, 0.15) is 5.75 Å². The maximum atomic E-state index is 12.6. The summed E-state index contributed by atoms with van der Waals surface area (Å²) < 4.78 is 34.3. The number of pyridine rings is 1. The molecule has 0 saturated heterocycles. The molecule has 0 amide bonds. The lowest BCUT2D eigenvalue weighted by atomic mass is 10.0. The number of carbonyl (C=O) groups excluding carboxylic acids is 1. The smallest absolute Gasteiger partial charge is 0.387 e. The Labute approximate surface area is 174 Å². The van der Waals surface area contributed by atoms with Crippen LogP contribution in [0, 0.1) is 6.92 Å². The van der Waals surface area contributed by atoms with Gasteiger partial charge in [0.05, 0.1) is 23.4 Å². The van der Waals surface area contributed by atoms with E-state index in [9.17, 15) is 13.6 Å². The number of aryl methyl sites for hydroxylation is 1. The molecule has 0 aliphatic heterocycles. The summed E-state index contributed by atoms with van der Waals surface area (Å²) in [6, 6.07) is 14.2. The molecule has 0 aliphatic rings. The number of rotatable bonds is 8. The number of nitrogens with zero attached hydrogens (tertiary/aromatic N) is 2. The van der Waals surface area contributed by atoms with Gasteiger partial charge in [0.15, 0.2) is 0 Å². The van der Waals surface area contributed by atoms with Crippen molar-refractivity contribution in [2.45, 2.75) is 33.5 Å². The standard InChI is InChI=1S/C23H24F2N2O3/c1-4-29-22(28)21-15(2)18-7-5-6-8-19(18)26-20(21)14-27(3)13-16-9-11-17(12-10-16)30-23(24)25/h5-12,23H,4,13-14H2,1-3H3. The van der Waals surface area contributed by atoms with Crippen molar-refractivity contribution in [3.05, 3.63) is 70.9 Å². The summed E-state index contributed by atoms with van der Waals surface area (Å²) in [7, 11) is 1.91. The normalized spacial score (nSPS) is 11.3. The third-order valence-electron chi connectivity index (χ3n) is 4.73. The summed E-state index contributed by atoms with van der Waals surface area (Å²) in [5, 5.41) is 0.918. The second kappa shape index (κ2) is 9.63. The average Bonchev–Trinajstić information content (AvgIpc) is 2.69. The van der Waals surface area contributed by atoms with Gasteiger partial charge in [-0.15, -0.1) is 0 Å². The van der Waals surface area contributed by atoms with Gasteiger partial charge in [-0.25, -0.2) is 4.79 Å².